The quantitative estimate of drug-likeness (QED) is 0.646. The maximum atomic E-state index is 13.3. The van der Waals surface area contributed by atoms with Crippen LogP contribution in [0.4, 0.5) is 5.82 Å². The van der Waals surface area contributed by atoms with Crippen molar-refractivity contribution in [3.05, 3.63) is 47.7 Å². The highest BCUT2D eigenvalue weighted by molar-refractivity contribution is 7.92. The first-order chi connectivity index (χ1) is 15.3. The monoisotopic (exact) mass is 453 g/mol. The molecular weight excluding hydrogens is 426 g/mol. The van der Waals surface area contributed by atoms with E-state index in [0.717, 1.165) is 37.7 Å². The third-order valence-electron chi connectivity index (χ3n) is 6.49. The average Bonchev–Trinajstić information content (AvgIpc) is 3.68. The third-order valence-corrected chi connectivity index (χ3v) is 8.83. The zero-order valence-electron chi connectivity index (χ0n) is 18.1. The minimum Gasteiger partial charge on any atom is -0.305 e. The van der Waals surface area contributed by atoms with E-state index in [0.29, 0.717) is 34.7 Å². The molecule has 7 nitrogen and oxygen atoms in total. The molecule has 168 valence electrons. The Morgan fingerprint density at radius 1 is 1.16 bits per heavy atom. The first-order valence-electron chi connectivity index (χ1n) is 11.2. The van der Waals surface area contributed by atoms with Crippen LogP contribution in [0.5, 0.6) is 0 Å². The van der Waals surface area contributed by atoms with Crippen LogP contribution in [-0.4, -0.2) is 35.1 Å². The van der Waals surface area contributed by atoms with Gasteiger partial charge in [-0.1, -0.05) is 12.1 Å². The molecule has 0 spiro atoms. The Morgan fingerprint density at radius 3 is 2.53 bits per heavy atom. The van der Waals surface area contributed by atoms with Crippen molar-refractivity contribution in [2.45, 2.75) is 61.0 Å². The van der Waals surface area contributed by atoms with Gasteiger partial charge >= 0.3 is 0 Å². The number of nitrogens with zero attached hydrogens (tertiary/aromatic N) is 2. The molecule has 3 saturated carbocycles. The van der Waals surface area contributed by atoms with Gasteiger partial charge in [0.1, 0.15) is 5.78 Å². The van der Waals surface area contributed by atoms with Crippen molar-refractivity contribution >= 4 is 32.9 Å². The molecule has 8 heteroatoms. The van der Waals surface area contributed by atoms with E-state index in [1.54, 1.807) is 36.1 Å². The molecule has 32 heavy (non-hydrogen) atoms. The minimum absolute atomic E-state index is 0.00577. The number of benzene rings is 1. The fourth-order valence-electron chi connectivity index (χ4n) is 4.44. The minimum atomic E-state index is -3.32. The van der Waals surface area contributed by atoms with E-state index >= 15 is 0 Å². The second-order valence-electron chi connectivity index (χ2n) is 9.22. The Bertz CT molecular complexity index is 1220. The lowest BCUT2D eigenvalue weighted by molar-refractivity contribution is -0.117. The van der Waals surface area contributed by atoms with Gasteiger partial charge in [0.05, 0.1) is 10.1 Å². The molecule has 0 aliphatic heterocycles. The van der Waals surface area contributed by atoms with Gasteiger partial charge in [-0.25, -0.2) is 8.42 Å². The normalized spacial score (nSPS) is 21.7. The molecule has 1 aromatic carbocycles. The van der Waals surface area contributed by atoms with Gasteiger partial charge in [-0.05, 0) is 67.2 Å². The fourth-order valence-corrected chi connectivity index (χ4v) is 6.36. The summed E-state index contributed by atoms with van der Waals surface area (Å²) < 4.78 is 27.6. The van der Waals surface area contributed by atoms with Crippen LogP contribution in [0.1, 0.15) is 62.0 Å². The lowest BCUT2D eigenvalue weighted by Gasteiger charge is -2.15. The number of ketones is 1. The number of nitrogens with one attached hydrogen (secondary N) is 1. The maximum Gasteiger partial charge on any atom is 0.257 e. The van der Waals surface area contributed by atoms with Gasteiger partial charge in [-0.3, -0.25) is 14.3 Å². The van der Waals surface area contributed by atoms with E-state index in [2.05, 4.69) is 10.4 Å². The molecule has 3 aliphatic carbocycles. The molecular formula is C24H27N3O4S. The number of aryl methyl sites for hydroxylation is 1. The highest BCUT2D eigenvalue weighted by Gasteiger charge is 2.40. The van der Waals surface area contributed by atoms with Crippen LogP contribution in [0.15, 0.2) is 41.4 Å². The molecule has 1 N–H and O–H groups in total. The summed E-state index contributed by atoms with van der Waals surface area (Å²) in [5.74, 6) is 0.585. The molecule has 5 rings (SSSR count). The topological polar surface area (TPSA) is 98.1 Å². The SMILES string of the molecule is Cn1ccc(NC(=O)/C(=C/[C@H]2CCC(=O)C2)c2ccc(S(=O)(=O)C3CC3)c(C3CC3)c2)n1. The zero-order chi connectivity index (χ0) is 22.5. The summed E-state index contributed by atoms with van der Waals surface area (Å²) in [5.41, 5.74) is 1.98. The highest BCUT2D eigenvalue weighted by Crippen LogP contribution is 2.46. The summed E-state index contributed by atoms with van der Waals surface area (Å²) in [6, 6.07) is 7.02. The van der Waals surface area contributed by atoms with Gasteiger partial charge in [0, 0.05) is 37.7 Å². The standard InChI is InChI=1S/C24H27N3O4S/c1-27-11-10-23(26-27)25-24(29)21(13-15-2-6-18(28)12-15)17-5-9-22(20(14-17)16-3-4-16)32(30,31)19-7-8-19/h5,9-11,13-16,19H,2-4,6-8,12H2,1H3,(H,25,26,29)/b21-13+/t15-/m0/s1. The summed E-state index contributed by atoms with van der Waals surface area (Å²) in [5, 5.41) is 6.80. The van der Waals surface area contributed by atoms with Gasteiger partial charge < -0.3 is 5.32 Å². The Labute approximate surface area is 187 Å². The Balaban J connectivity index is 1.53. The number of sulfone groups is 1. The summed E-state index contributed by atoms with van der Waals surface area (Å²) in [6.07, 6.45) is 8.69. The molecule has 1 amide bonds. The predicted molar refractivity (Wildman–Crippen MR) is 121 cm³/mol. The van der Waals surface area contributed by atoms with E-state index in [-0.39, 0.29) is 28.8 Å². The molecule has 3 fully saturated rings. The molecule has 3 aliphatic rings. The van der Waals surface area contributed by atoms with Crippen molar-refractivity contribution in [2.24, 2.45) is 13.0 Å². The van der Waals surface area contributed by atoms with E-state index in [1.165, 1.54) is 0 Å². The Hall–Kier alpha value is -2.74. The molecule has 0 bridgehead atoms. The molecule has 0 unspecified atom stereocenters. The molecule has 2 aromatic rings. The highest BCUT2D eigenvalue weighted by atomic mass is 32.2. The smallest absolute Gasteiger partial charge is 0.257 e. The second-order valence-corrected chi connectivity index (χ2v) is 11.4. The van der Waals surface area contributed by atoms with E-state index in [1.807, 2.05) is 12.1 Å². The number of anilines is 1. The first kappa shape index (κ1) is 21.1. The van der Waals surface area contributed by atoms with Crippen molar-refractivity contribution < 1.29 is 18.0 Å². The van der Waals surface area contributed by atoms with Crippen molar-refractivity contribution in [1.29, 1.82) is 0 Å². The van der Waals surface area contributed by atoms with E-state index in [4.69, 9.17) is 0 Å². The second kappa shape index (κ2) is 7.99. The summed E-state index contributed by atoms with van der Waals surface area (Å²) in [6.45, 7) is 0. The zero-order valence-corrected chi connectivity index (χ0v) is 18.9. The van der Waals surface area contributed by atoms with E-state index in [9.17, 15) is 18.0 Å². The van der Waals surface area contributed by atoms with Crippen LogP contribution in [0, 0.1) is 5.92 Å². The lowest BCUT2D eigenvalue weighted by Crippen LogP contribution is -2.16. The van der Waals surface area contributed by atoms with Gasteiger partial charge in [-0.15, -0.1) is 0 Å². The van der Waals surface area contributed by atoms with Gasteiger partial charge in [0.15, 0.2) is 15.7 Å². The maximum absolute atomic E-state index is 13.3. The predicted octanol–water partition coefficient (Wildman–Crippen LogP) is 3.62. The number of Topliss-reactive ketones (excluding diaryl/α,β-unsaturated/α-hetero) is 1. The number of carbonyl (C=O) groups is 2. The van der Waals surface area contributed by atoms with Gasteiger partial charge in [-0.2, -0.15) is 5.10 Å². The number of amides is 1. The van der Waals surface area contributed by atoms with Crippen LogP contribution in [0.2, 0.25) is 0 Å². The van der Waals surface area contributed by atoms with Crippen LogP contribution in [0.3, 0.4) is 0 Å². The molecule has 1 aromatic heterocycles. The van der Waals surface area contributed by atoms with Gasteiger partial charge in [0.25, 0.3) is 5.91 Å². The molecule has 0 saturated heterocycles. The first-order valence-corrected chi connectivity index (χ1v) is 12.8. The van der Waals surface area contributed by atoms with Crippen LogP contribution in [0.25, 0.3) is 5.57 Å². The number of carbonyl (C=O) groups excluding carboxylic acids is 2. The fraction of sp³-hybridized carbons (Fsp3) is 0.458. The summed E-state index contributed by atoms with van der Waals surface area (Å²) in [7, 11) is -1.54. The van der Waals surface area contributed by atoms with Crippen LogP contribution in [-0.2, 0) is 26.5 Å². The summed E-state index contributed by atoms with van der Waals surface area (Å²) in [4.78, 5) is 25.5. The lowest BCUT2D eigenvalue weighted by atomic mass is 9.95. The van der Waals surface area contributed by atoms with Crippen molar-refractivity contribution in [2.75, 3.05) is 5.32 Å². The molecule has 0 radical (unpaired) electrons. The molecule has 1 atom stereocenters. The number of hydrogen-bond donors (Lipinski definition) is 1. The number of rotatable bonds is 7. The number of hydrogen-bond acceptors (Lipinski definition) is 5. The Kier molecular flexibility index (Phi) is 5.28. The number of allylic oxidation sites excluding steroid dienone is 1. The van der Waals surface area contributed by atoms with Crippen LogP contribution >= 0.6 is 0 Å². The number of aromatic nitrogens is 2. The van der Waals surface area contributed by atoms with Gasteiger partial charge in [0.2, 0.25) is 0 Å². The summed E-state index contributed by atoms with van der Waals surface area (Å²) >= 11 is 0. The third kappa shape index (κ3) is 4.28. The molecule has 1 heterocycles. The largest absolute Gasteiger partial charge is 0.305 e. The van der Waals surface area contributed by atoms with Crippen molar-refractivity contribution in [1.82, 2.24) is 9.78 Å². The Morgan fingerprint density at radius 2 is 1.94 bits per heavy atom. The average molecular weight is 454 g/mol. The van der Waals surface area contributed by atoms with Crippen molar-refractivity contribution in [3.8, 4) is 0 Å². The van der Waals surface area contributed by atoms with E-state index < -0.39 is 9.84 Å². The van der Waals surface area contributed by atoms with Crippen molar-refractivity contribution in [3.63, 3.8) is 0 Å². The van der Waals surface area contributed by atoms with Crippen LogP contribution < -0.4 is 5.32 Å².